The molecule has 2 N–H and O–H groups in total. The van der Waals surface area contributed by atoms with Crippen LogP contribution in [-0.4, -0.2) is 16.1 Å². The van der Waals surface area contributed by atoms with E-state index in [-0.39, 0.29) is 0 Å². The second-order valence-corrected chi connectivity index (χ2v) is 4.45. The van der Waals surface area contributed by atoms with E-state index in [9.17, 15) is 0 Å². The number of nitrogens with two attached hydrogens (primary N) is 1. The third kappa shape index (κ3) is 2.56. The van der Waals surface area contributed by atoms with Crippen molar-refractivity contribution < 1.29 is 0 Å². The van der Waals surface area contributed by atoms with E-state index in [1.165, 1.54) is 5.52 Å². The van der Waals surface area contributed by atoms with Gasteiger partial charge in [0, 0.05) is 13.0 Å². The quantitative estimate of drug-likeness (QED) is 0.801. The summed E-state index contributed by atoms with van der Waals surface area (Å²) in [4.78, 5) is 4.67. The molecule has 17 heavy (non-hydrogen) atoms. The number of aromatic nitrogens is 2. The molecule has 0 aliphatic rings. The largest absolute Gasteiger partial charge is 0.330 e. The molecular weight excluding hydrogens is 210 g/mol. The number of hydrogen-bond donors (Lipinski definition) is 1. The summed E-state index contributed by atoms with van der Waals surface area (Å²) in [6.07, 6.45) is 1.90. The third-order valence-electron chi connectivity index (χ3n) is 2.77. The maximum Gasteiger partial charge on any atom is 0.110 e. The summed E-state index contributed by atoms with van der Waals surface area (Å²) < 4.78 is 2.24. The second kappa shape index (κ2) is 5.15. The van der Waals surface area contributed by atoms with Gasteiger partial charge in [-0.05, 0) is 32.0 Å². The Hall–Kier alpha value is -1.61. The van der Waals surface area contributed by atoms with Gasteiger partial charge in [-0.25, -0.2) is 4.98 Å². The Labute approximate surface area is 102 Å². The third-order valence-corrected chi connectivity index (χ3v) is 2.77. The lowest BCUT2D eigenvalue weighted by Crippen LogP contribution is -2.07. The van der Waals surface area contributed by atoms with Gasteiger partial charge in [0.15, 0.2) is 0 Å². The molecule has 1 aromatic carbocycles. The highest BCUT2D eigenvalue weighted by atomic mass is 15.1. The average Bonchev–Trinajstić information content (AvgIpc) is 2.64. The first-order valence-electron chi connectivity index (χ1n) is 6.01. The first-order valence-corrected chi connectivity index (χ1v) is 6.01. The Balaban J connectivity index is 2.44. The minimum absolute atomic E-state index is 0.705. The molecule has 1 heterocycles. The SMILES string of the molecule is C=C(C)Cn1c(CCCN)nc2ccccc21. The fraction of sp³-hybridized carbons (Fsp3) is 0.357. The molecule has 1 aromatic heterocycles. The summed E-state index contributed by atoms with van der Waals surface area (Å²) in [6.45, 7) is 7.57. The van der Waals surface area contributed by atoms with Gasteiger partial charge in [-0.1, -0.05) is 24.3 Å². The van der Waals surface area contributed by atoms with E-state index in [1.54, 1.807) is 0 Å². The number of allylic oxidation sites excluding steroid dienone is 1. The zero-order valence-corrected chi connectivity index (χ0v) is 10.3. The van der Waals surface area contributed by atoms with E-state index in [2.05, 4.69) is 28.3 Å². The van der Waals surface area contributed by atoms with Crippen LogP contribution in [0.5, 0.6) is 0 Å². The van der Waals surface area contributed by atoms with Crippen molar-refractivity contribution in [1.82, 2.24) is 9.55 Å². The van der Waals surface area contributed by atoms with Gasteiger partial charge in [0.05, 0.1) is 11.0 Å². The number of benzene rings is 1. The summed E-state index contributed by atoms with van der Waals surface area (Å²) >= 11 is 0. The smallest absolute Gasteiger partial charge is 0.110 e. The van der Waals surface area contributed by atoms with Crippen LogP contribution in [0.1, 0.15) is 19.2 Å². The molecule has 0 amide bonds. The number of aryl methyl sites for hydroxylation is 1. The van der Waals surface area contributed by atoms with Crippen LogP contribution in [0, 0.1) is 0 Å². The normalized spacial score (nSPS) is 10.9. The Bertz CT molecular complexity index is 525. The van der Waals surface area contributed by atoms with Gasteiger partial charge in [0.2, 0.25) is 0 Å². The van der Waals surface area contributed by atoms with Crippen molar-refractivity contribution in [3.05, 3.63) is 42.2 Å². The minimum Gasteiger partial charge on any atom is -0.330 e. The molecule has 0 atom stereocenters. The highest BCUT2D eigenvalue weighted by Crippen LogP contribution is 2.18. The Morgan fingerprint density at radius 1 is 1.41 bits per heavy atom. The van der Waals surface area contributed by atoms with Crippen LogP contribution in [0.3, 0.4) is 0 Å². The summed E-state index contributed by atoms with van der Waals surface area (Å²) in [6, 6.07) is 8.23. The lowest BCUT2D eigenvalue weighted by atomic mass is 10.2. The molecule has 3 nitrogen and oxygen atoms in total. The number of imidazole rings is 1. The van der Waals surface area contributed by atoms with E-state index < -0.39 is 0 Å². The molecule has 0 radical (unpaired) electrons. The van der Waals surface area contributed by atoms with Crippen molar-refractivity contribution in [1.29, 1.82) is 0 Å². The lowest BCUT2D eigenvalue weighted by Gasteiger charge is -2.08. The highest BCUT2D eigenvalue weighted by molar-refractivity contribution is 5.76. The molecule has 3 heteroatoms. The van der Waals surface area contributed by atoms with Crippen molar-refractivity contribution in [2.45, 2.75) is 26.3 Å². The molecule has 0 aliphatic heterocycles. The average molecular weight is 229 g/mol. The molecule has 2 rings (SSSR count). The van der Waals surface area contributed by atoms with E-state index in [0.29, 0.717) is 6.54 Å². The maximum atomic E-state index is 5.57. The summed E-state index contributed by atoms with van der Waals surface area (Å²) in [5, 5.41) is 0. The van der Waals surface area contributed by atoms with Crippen LogP contribution in [0.2, 0.25) is 0 Å². The Kier molecular flexibility index (Phi) is 3.59. The number of hydrogen-bond acceptors (Lipinski definition) is 2. The van der Waals surface area contributed by atoms with Crippen LogP contribution >= 0.6 is 0 Å². The number of fused-ring (bicyclic) bond motifs is 1. The van der Waals surface area contributed by atoms with Gasteiger partial charge in [-0.15, -0.1) is 0 Å². The summed E-state index contributed by atoms with van der Waals surface area (Å²) in [7, 11) is 0. The molecular formula is C14H19N3. The van der Waals surface area contributed by atoms with E-state index >= 15 is 0 Å². The predicted molar refractivity (Wildman–Crippen MR) is 71.9 cm³/mol. The first-order chi connectivity index (χ1) is 8.22. The topological polar surface area (TPSA) is 43.8 Å². The van der Waals surface area contributed by atoms with Crippen molar-refractivity contribution in [3.63, 3.8) is 0 Å². The monoisotopic (exact) mass is 229 g/mol. The fourth-order valence-electron chi connectivity index (χ4n) is 2.02. The number of nitrogens with zero attached hydrogens (tertiary/aromatic N) is 2. The molecule has 0 aliphatic carbocycles. The lowest BCUT2D eigenvalue weighted by molar-refractivity contribution is 0.698. The van der Waals surface area contributed by atoms with Crippen LogP contribution in [0.25, 0.3) is 11.0 Å². The second-order valence-electron chi connectivity index (χ2n) is 4.45. The molecule has 0 spiro atoms. The first kappa shape index (κ1) is 11.9. The molecule has 0 bridgehead atoms. The van der Waals surface area contributed by atoms with Gasteiger partial charge in [0.1, 0.15) is 5.82 Å². The fourth-order valence-corrected chi connectivity index (χ4v) is 2.02. The highest BCUT2D eigenvalue weighted by Gasteiger charge is 2.09. The van der Waals surface area contributed by atoms with Gasteiger partial charge in [-0.2, -0.15) is 0 Å². The molecule has 0 saturated carbocycles. The summed E-state index contributed by atoms with van der Waals surface area (Å²) in [5.74, 6) is 1.11. The number of rotatable bonds is 5. The molecule has 0 saturated heterocycles. The van der Waals surface area contributed by atoms with E-state index in [4.69, 9.17) is 5.73 Å². The summed E-state index contributed by atoms with van der Waals surface area (Å²) in [5.41, 5.74) is 8.95. The van der Waals surface area contributed by atoms with Crippen LogP contribution in [0.4, 0.5) is 0 Å². The van der Waals surface area contributed by atoms with Gasteiger partial charge >= 0.3 is 0 Å². The zero-order valence-electron chi connectivity index (χ0n) is 10.3. The standard InChI is InChI=1S/C14H19N3/c1-11(2)10-17-13-7-4-3-6-12(13)16-14(17)8-5-9-15/h3-4,6-7H,1,5,8-10,15H2,2H3. The molecule has 0 fully saturated rings. The van der Waals surface area contributed by atoms with Crippen molar-refractivity contribution in [2.24, 2.45) is 5.73 Å². The Morgan fingerprint density at radius 2 is 2.18 bits per heavy atom. The molecule has 90 valence electrons. The molecule has 0 unspecified atom stereocenters. The van der Waals surface area contributed by atoms with Gasteiger partial charge < -0.3 is 10.3 Å². The van der Waals surface area contributed by atoms with Gasteiger partial charge in [0.25, 0.3) is 0 Å². The van der Waals surface area contributed by atoms with Crippen LogP contribution in [0.15, 0.2) is 36.4 Å². The van der Waals surface area contributed by atoms with Gasteiger partial charge in [-0.3, -0.25) is 0 Å². The van der Waals surface area contributed by atoms with Crippen molar-refractivity contribution >= 4 is 11.0 Å². The van der Waals surface area contributed by atoms with Crippen LogP contribution in [-0.2, 0) is 13.0 Å². The van der Waals surface area contributed by atoms with E-state index in [0.717, 1.165) is 36.3 Å². The minimum atomic E-state index is 0.705. The number of para-hydroxylation sites is 2. The van der Waals surface area contributed by atoms with Crippen molar-refractivity contribution in [2.75, 3.05) is 6.54 Å². The maximum absolute atomic E-state index is 5.57. The Morgan fingerprint density at radius 3 is 2.88 bits per heavy atom. The van der Waals surface area contributed by atoms with E-state index in [1.807, 2.05) is 19.1 Å². The van der Waals surface area contributed by atoms with Crippen molar-refractivity contribution in [3.8, 4) is 0 Å². The predicted octanol–water partition coefficient (Wildman–Crippen LogP) is 2.50. The molecule has 2 aromatic rings. The zero-order chi connectivity index (χ0) is 12.3. The van der Waals surface area contributed by atoms with Crippen LogP contribution < -0.4 is 5.73 Å².